The van der Waals surface area contributed by atoms with E-state index in [9.17, 15) is 4.79 Å². The Labute approximate surface area is 157 Å². The van der Waals surface area contributed by atoms with Gasteiger partial charge in [-0.15, -0.1) is 10.2 Å². The number of para-hydroxylation sites is 1. The van der Waals surface area contributed by atoms with Gasteiger partial charge in [-0.2, -0.15) is 0 Å². The summed E-state index contributed by atoms with van der Waals surface area (Å²) < 4.78 is 16.2. The molecule has 132 valence electrons. The molecule has 3 aromatic rings. The van der Waals surface area contributed by atoms with Crippen molar-refractivity contribution in [1.82, 2.24) is 10.2 Å². The Morgan fingerprint density at radius 2 is 2.00 bits per heavy atom. The molecule has 0 radical (unpaired) electrons. The van der Waals surface area contributed by atoms with Crippen molar-refractivity contribution in [2.75, 3.05) is 17.9 Å². The summed E-state index contributed by atoms with van der Waals surface area (Å²) in [7, 11) is 0. The van der Waals surface area contributed by atoms with E-state index in [4.69, 9.17) is 25.5 Å². The molecule has 7 nitrogen and oxygen atoms in total. The molecule has 4 rings (SSSR count). The molecular formula is C17H12ClN3O4S. The first-order chi connectivity index (χ1) is 12.7. The van der Waals surface area contributed by atoms with Gasteiger partial charge in [0.2, 0.25) is 18.6 Å². The Bertz CT molecular complexity index is 963. The van der Waals surface area contributed by atoms with E-state index in [1.165, 1.54) is 0 Å². The number of amides is 1. The van der Waals surface area contributed by atoms with Gasteiger partial charge >= 0.3 is 0 Å². The molecule has 9 heteroatoms. The second kappa shape index (κ2) is 7.27. The Morgan fingerprint density at radius 3 is 2.88 bits per heavy atom. The van der Waals surface area contributed by atoms with Gasteiger partial charge in [-0.1, -0.05) is 35.5 Å². The average molecular weight is 390 g/mol. The Morgan fingerprint density at radius 1 is 1.15 bits per heavy atom. The van der Waals surface area contributed by atoms with Crippen LogP contribution in [0.15, 0.2) is 52.1 Å². The zero-order valence-electron chi connectivity index (χ0n) is 13.3. The summed E-state index contributed by atoms with van der Waals surface area (Å²) in [5.74, 6) is 1.56. The van der Waals surface area contributed by atoms with Crippen molar-refractivity contribution in [1.29, 1.82) is 0 Å². The topological polar surface area (TPSA) is 86.5 Å². The standard InChI is InChI=1S/C17H12ClN3O4S/c18-11-3-1-2-4-12(11)19-15(22)8-26-17-21-20-16(25-17)10-5-6-13-14(7-10)24-9-23-13/h1-7H,8-9H2,(H,19,22). The van der Waals surface area contributed by atoms with E-state index in [1.807, 2.05) is 0 Å². The quantitative estimate of drug-likeness (QED) is 0.663. The lowest BCUT2D eigenvalue weighted by Crippen LogP contribution is -2.14. The van der Waals surface area contributed by atoms with E-state index in [1.54, 1.807) is 42.5 Å². The maximum atomic E-state index is 12.0. The van der Waals surface area contributed by atoms with E-state index in [2.05, 4.69) is 15.5 Å². The van der Waals surface area contributed by atoms with Gasteiger partial charge in [-0.25, -0.2) is 0 Å². The second-order valence-corrected chi connectivity index (χ2v) is 6.59. The van der Waals surface area contributed by atoms with Crippen LogP contribution in [0, 0.1) is 0 Å². The number of halogens is 1. The minimum Gasteiger partial charge on any atom is -0.454 e. The lowest BCUT2D eigenvalue weighted by atomic mass is 10.2. The summed E-state index contributed by atoms with van der Waals surface area (Å²) in [6.07, 6.45) is 0. The number of carbonyl (C=O) groups is 1. The molecule has 0 atom stereocenters. The van der Waals surface area contributed by atoms with Gasteiger partial charge in [0.05, 0.1) is 16.5 Å². The highest BCUT2D eigenvalue weighted by atomic mass is 35.5. The van der Waals surface area contributed by atoms with Gasteiger partial charge in [0, 0.05) is 5.56 Å². The molecule has 0 saturated carbocycles. The van der Waals surface area contributed by atoms with Gasteiger partial charge in [0.25, 0.3) is 5.22 Å². The zero-order chi connectivity index (χ0) is 17.9. The zero-order valence-corrected chi connectivity index (χ0v) is 14.8. The predicted octanol–water partition coefficient (Wildman–Crippen LogP) is 3.85. The lowest BCUT2D eigenvalue weighted by Gasteiger charge is -2.05. The number of benzene rings is 2. The highest BCUT2D eigenvalue weighted by Crippen LogP contribution is 2.36. The van der Waals surface area contributed by atoms with Crippen LogP contribution in [0.2, 0.25) is 5.02 Å². The van der Waals surface area contributed by atoms with Gasteiger partial charge in [0.15, 0.2) is 11.5 Å². The van der Waals surface area contributed by atoms with Crippen LogP contribution >= 0.6 is 23.4 Å². The Kier molecular flexibility index (Phi) is 4.68. The molecule has 0 fully saturated rings. The number of carbonyl (C=O) groups excluding carboxylic acids is 1. The number of nitrogens with one attached hydrogen (secondary N) is 1. The average Bonchev–Trinajstić information content (AvgIpc) is 3.30. The fourth-order valence-electron chi connectivity index (χ4n) is 2.29. The Balaban J connectivity index is 1.38. The number of thioether (sulfide) groups is 1. The first-order valence-electron chi connectivity index (χ1n) is 7.60. The number of fused-ring (bicyclic) bond motifs is 1. The molecule has 26 heavy (non-hydrogen) atoms. The second-order valence-electron chi connectivity index (χ2n) is 5.26. The number of aromatic nitrogens is 2. The highest BCUT2D eigenvalue weighted by molar-refractivity contribution is 7.99. The van der Waals surface area contributed by atoms with Gasteiger partial charge in [0.1, 0.15) is 0 Å². The molecule has 2 aromatic carbocycles. The van der Waals surface area contributed by atoms with Crippen molar-refractivity contribution in [3.8, 4) is 23.0 Å². The monoisotopic (exact) mass is 389 g/mol. The fourth-order valence-corrected chi connectivity index (χ4v) is 3.04. The van der Waals surface area contributed by atoms with Crippen LogP contribution in [-0.4, -0.2) is 28.7 Å². The van der Waals surface area contributed by atoms with Crippen molar-refractivity contribution in [3.63, 3.8) is 0 Å². The maximum absolute atomic E-state index is 12.0. The number of hydrogen-bond donors (Lipinski definition) is 1. The highest BCUT2D eigenvalue weighted by Gasteiger charge is 2.17. The third-order valence-electron chi connectivity index (χ3n) is 3.50. The largest absolute Gasteiger partial charge is 0.454 e. The molecule has 1 aromatic heterocycles. The third kappa shape index (κ3) is 3.61. The van der Waals surface area contributed by atoms with E-state index in [0.717, 1.165) is 11.8 Å². The lowest BCUT2D eigenvalue weighted by molar-refractivity contribution is -0.113. The number of anilines is 1. The summed E-state index contributed by atoms with van der Waals surface area (Å²) in [4.78, 5) is 12.0. The van der Waals surface area contributed by atoms with E-state index in [0.29, 0.717) is 38.9 Å². The minimum absolute atomic E-state index is 0.119. The number of hydrogen-bond acceptors (Lipinski definition) is 7. The molecule has 0 aliphatic carbocycles. The van der Waals surface area contributed by atoms with Crippen molar-refractivity contribution in [2.45, 2.75) is 5.22 Å². The normalized spacial score (nSPS) is 12.2. The van der Waals surface area contributed by atoms with E-state index >= 15 is 0 Å². The van der Waals surface area contributed by atoms with Crippen molar-refractivity contribution >= 4 is 35.0 Å². The van der Waals surface area contributed by atoms with Crippen LogP contribution < -0.4 is 14.8 Å². The van der Waals surface area contributed by atoms with Crippen LogP contribution in [0.4, 0.5) is 5.69 Å². The van der Waals surface area contributed by atoms with Crippen LogP contribution in [0.25, 0.3) is 11.5 Å². The fraction of sp³-hybridized carbons (Fsp3) is 0.118. The number of ether oxygens (including phenoxy) is 2. The van der Waals surface area contributed by atoms with Gasteiger partial charge in [-0.05, 0) is 30.3 Å². The number of nitrogens with zero attached hydrogens (tertiary/aromatic N) is 2. The maximum Gasteiger partial charge on any atom is 0.277 e. The molecule has 1 amide bonds. The third-order valence-corrected chi connectivity index (χ3v) is 4.65. The molecule has 1 aliphatic rings. The summed E-state index contributed by atoms with van der Waals surface area (Å²) in [6, 6.07) is 12.4. The van der Waals surface area contributed by atoms with Crippen LogP contribution in [0.5, 0.6) is 11.5 Å². The minimum atomic E-state index is -0.217. The van der Waals surface area contributed by atoms with E-state index in [-0.39, 0.29) is 18.5 Å². The molecule has 0 unspecified atom stereocenters. The van der Waals surface area contributed by atoms with Gasteiger partial charge < -0.3 is 19.2 Å². The van der Waals surface area contributed by atoms with Gasteiger partial charge in [-0.3, -0.25) is 4.79 Å². The van der Waals surface area contributed by atoms with E-state index < -0.39 is 0 Å². The summed E-state index contributed by atoms with van der Waals surface area (Å²) in [5.41, 5.74) is 1.28. The predicted molar refractivity (Wildman–Crippen MR) is 96.7 cm³/mol. The van der Waals surface area contributed by atoms with Crippen LogP contribution in [0.3, 0.4) is 0 Å². The van der Waals surface area contributed by atoms with Crippen molar-refractivity contribution in [3.05, 3.63) is 47.5 Å². The molecule has 1 aliphatic heterocycles. The summed E-state index contributed by atoms with van der Waals surface area (Å²) in [5, 5.41) is 11.5. The molecule has 0 saturated heterocycles. The molecule has 0 spiro atoms. The first-order valence-corrected chi connectivity index (χ1v) is 8.96. The van der Waals surface area contributed by atoms with Crippen LogP contribution in [-0.2, 0) is 4.79 Å². The molecule has 2 heterocycles. The molecule has 1 N–H and O–H groups in total. The molecular weight excluding hydrogens is 378 g/mol. The van der Waals surface area contributed by atoms with Crippen molar-refractivity contribution in [2.24, 2.45) is 0 Å². The van der Waals surface area contributed by atoms with Crippen molar-refractivity contribution < 1.29 is 18.7 Å². The smallest absolute Gasteiger partial charge is 0.277 e. The summed E-state index contributed by atoms with van der Waals surface area (Å²) >= 11 is 7.16. The first kappa shape index (κ1) is 16.7. The summed E-state index contributed by atoms with van der Waals surface area (Å²) in [6.45, 7) is 0.199. The molecule has 0 bridgehead atoms. The SMILES string of the molecule is O=C(CSc1nnc(-c2ccc3c(c2)OCO3)o1)Nc1ccccc1Cl. The Hall–Kier alpha value is -2.71. The number of rotatable bonds is 5. The van der Waals surface area contributed by atoms with Crippen LogP contribution in [0.1, 0.15) is 0 Å².